The summed E-state index contributed by atoms with van der Waals surface area (Å²) in [5, 5.41) is 4.57. The Bertz CT molecular complexity index is 1330. The Morgan fingerprint density at radius 3 is 2.58 bits per heavy atom. The van der Waals surface area contributed by atoms with E-state index in [0.29, 0.717) is 56.4 Å². The molecule has 2 aliphatic rings. The molecule has 2 aliphatic heterocycles. The van der Waals surface area contributed by atoms with Crippen LogP contribution in [-0.2, 0) is 16.1 Å². The van der Waals surface area contributed by atoms with Gasteiger partial charge in [0.05, 0.1) is 25.0 Å². The monoisotopic (exact) mass is 524 g/mol. The smallest absolute Gasteiger partial charge is 0.326 e. The van der Waals surface area contributed by atoms with Gasteiger partial charge in [0.2, 0.25) is 11.9 Å². The fraction of sp³-hybridized carbons (Fsp3) is 0.423. The number of nitrogens with zero attached hydrogens (tertiary/aromatic N) is 6. The van der Waals surface area contributed by atoms with Crippen LogP contribution in [-0.4, -0.2) is 82.3 Å². The Hall–Kier alpha value is -4.06. The van der Waals surface area contributed by atoms with Gasteiger partial charge in [-0.25, -0.2) is 9.18 Å². The molecule has 0 N–H and O–H groups in total. The van der Waals surface area contributed by atoms with E-state index in [1.165, 1.54) is 28.0 Å². The lowest BCUT2D eigenvalue weighted by Crippen LogP contribution is -2.52. The van der Waals surface area contributed by atoms with Crippen LogP contribution in [0.25, 0.3) is 0 Å². The number of carbonyl (C=O) groups is 3. The van der Waals surface area contributed by atoms with Gasteiger partial charge in [-0.3, -0.25) is 14.5 Å². The number of anilines is 1. The highest BCUT2D eigenvalue weighted by Crippen LogP contribution is 2.29. The van der Waals surface area contributed by atoms with Gasteiger partial charge < -0.3 is 19.0 Å². The number of likely N-dealkylation sites (tertiary alicyclic amines) is 1. The van der Waals surface area contributed by atoms with Crippen molar-refractivity contribution in [2.24, 2.45) is 0 Å². The van der Waals surface area contributed by atoms with E-state index < -0.39 is 5.91 Å². The highest BCUT2D eigenvalue weighted by molar-refractivity contribution is 5.98. The number of amides is 3. The van der Waals surface area contributed by atoms with E-state index in [0.717, 1.165) is 5.56 Å². The predicted molar refractivity (Wildman–Crippen MR) is 133 cm³/mol. The number of imide groups is 1. The third kappa shape index (κ3) is 5.17. The molecule has 4 heterocycles. The first-order valence-corrected chi connectivity index (χ1v) is 12.5. The van der Waals surface area contributed by atoms with Crippen LogP contribution in [0.2, 0.25) is 0 Å². The van der Waals surface area contributed by atoms with Crippen LogP contribution in [0.5, 0.6) is 0 Å². The van der Waals surface area contributed by atoms with Crippen molar-refractivity contribution < 1.29 is 27.9 Å². The van der Waals surface area contributed by atoms with Crippen LogP contribution < -0.4 is 4.90 Å². The minimum Gasteiger partial charge on any atom is -0.469 e. The summed E-state index contributed by atoms with van der Waals surface area (Å²) in [6.45, 7) is 3.88. The zero-order valence-electron chi connectivity index (χ0n) is 21.3. The molecule has 0 spiro atoms. The van der Waals surface area contributed by atoms with Crippen molar-refractivity contribution in [3.05, 3.63) is 65.1 Å². The van der Waals surface area contributed by atoms with Gasteiger partial charge in [-0.2, -0.15) is 9.67 Å². The van der Waals surface area contributed by atoms with Gasteiger partial charge in [-0.05, 0) is 37.1 Å². The number of aromatic nitrogens is 3. The number of urea groups is 1. The first kappa shape index (κ1) is 25.6. The van der Waals surface area contributed by atoms with Crippen molar-refractivity contribution in [3.8, 4) is 0 Å². The standard InChI is InChI=1S/C26H29FN6O5/c1-17-21(9-12-38-17)24(35)33-25(30(2)15-18-3-6-20(27)7-4-18)28-23(29-33)19-5-8-22(34)32(16-19)26(36)31-10-13-37-14-11-31/h3-4,6-7,9,12,19H,5,8,10-11,13-16H2,1-2H3. The van der Waals surface area contributed by atoms with E-state index in [-0.39, 0.29) is 42.6 Å². The molecule has 1 unspecified atom stereocenters. The first-order chi connectivity index (χ1) is 18.3. The lowest BCUT2D eigenvalue weighted by molar-refractivity contribution is -0.131. The molecule has 0 saturated carbocycles. The molecular formula is C26H29FN6O5. The Morgan fingerprint density at radius 1 is 1.16 bits per heavy atom. The third-order valence-electron chi connectivity index (χ3n) is 6.85. The molecule has 0 radical (unpaired) electrons. The lowest BCUT2D eigenvalue weighted by Gasteiger charge is -2.35. The maximum absolute atomic E-state index is 13.5. The second-order valence-electron chi connectivity index (χ2n) is 9.48. The summed E-state index contributed by atoms with van der Waals surface area (Å²) in [5.41, 5.74) is 1.17. The topological polar surface area (TPSA) is 114 Å². The van der Waals surface area contributed by atoms with Crippen LogP contribution in [0.15, 0.2) is 41.0 Å². The molecule has 0 aliphatic carbocycles. The first-order valence-electron chi connectivity index (χ1n) is 12.5. The average molecular weight is 525 g/mol. The molecule has 3 aromatic rings. The highest BCUT2D eigenvalue weighted by atomic mass is 19.1. The average Bonchev–Trinajstić information content (AvgIpc) is 3.57. The van der Waals surface area contributed by atoms with Crippen LogP contribution in [0.4, 0.5) is 15.1 Å². The van der Waals surface area contributed by atoms with Gasteiger partial charge in [0.15, 0.2) is 5.82 Å². The fourth-order valence-electron chi connectivity index (χ4n) is 4.70. The number of benzene rings is 1. The van der Waals surface area contributed by atoms with Crippen molar-refractivity contribution in [3.63, 3.8) is 0 Å². The van der Waals surface area contributed by atoms with Crippen molar-refractivity contribution in [2.45, 2.75) is 32.2 Å². The third-order valence-corrected chi connectivity index (χ3v) is 6.85. The van der Waals surface area contributed by atoms with E-state index >= 15 is 0 Å². The molecule has 2 fully saturated rings. The number of carbonyl (C=O) groups excluding carboxylic acids is 3. The fourth-order valence-corrected chi connectivity index (χ4v) is 4.70. The Kier molecular flexibility index (Phi) is 7.23. The van der Waals surface area contributed by atoms with Gasteiger partial charge in [-0.1, -0.05) is 12.1 Å². The summed E-state index contributed by atoms with van der Waals surface area (Å²) < 4.78 is 25.3. The predicted octanol–water partition coefficient (Wildman–Crippen LogP) is 2.80. The molecule has 0 bridgehead atoms. The zero-order valence-corrected chi connectivity index (χ0v) is 21.3. The number of rotatable bonds is 5. The summed E-state index contributed by atoms with van der Waals surface area (Å²) >= 11 is 0. The molecule has 38 heavy (non-hydrogen) atoms. The number of hydrogen-bond acceptors (Lipinski definition) is 8. The number of morpholine rings is 1. The van der Waals surface area contributed by atoms with E-state index in [4.69, 9.17) is 14.1 Å². The molecule has 2 aromatic heterocycles. The molecule has 200 valence electrons. The second-order valence-corrected chi connectivity index (χ2v) is 9.48. The van der Waals surface area contributed by atoms with Crippen molar-refractivity contribution in [1.82, 2.24) is 24.6 Å². The van der Waals surface area contributed by atoms with Crippen LogP contribution in [0, 0.1) is 12.7 Å². The summed E-state index contributed by atoms with van der Waals surface area (Å²) in [6, 6.07) is 7.30. The van der Waals surface area contributed by atoms with E-state index in [9.17, 15) is 18.8 Å². The number of furan rings is 1. The van der Waals surface area contributed by atoms with Crippen molar-refractivity contribution in [1.29, 1.82) is 0 Å². The number of hydrogen-bond donors (Lipinski definition) is 0. The van der Waals surface area contributed by atoms with Crippen LogP contribution in [0.3, 0.4) is 0 Å². The molecular weight excluding hydrogens is 495 g/mol. The zero-order chi connectivity index (χ0) is 26.8. The maximum Gasteiger partial charge on any atom is 0.326 e. The van der Waals surface area contributed by atoms with Crippen LogP contribution in [0.1, 0.15) is 46.3 Å². The molecule has 1 aromatic carbocycles. The molecule has 1 atom stereocenters. The van der Waals surface area contributed by atoms with Crippen molar-refractivity contribution >= 4 is 23.8 Å². The van der Waals surface area contributed by atoms with Gasteiger partial charge in [-0.15, -0.1) is 5.10 Å². The van der Waals surface area contributed by atoms with E-state index in [1.807, 2.05) is 0 Å². The van der Waals surface area contributed by atoms with Gasteiger partial charge in [0, 0.05) is 45.6 Å². The van der Waals surface area contributed by atoms with Crippen molar-refractivity contribution in [2.75, 3.05) is 44.8 Å². The van der Waals surface area contributed by atoms with Crippen LogP contribution >= 0.6 is 0 Å². The SMILES string of the molecule is Cc1occc1C(=O)n1nc(C2CCC(=O)N(C(=O)N3CCOCC3)C2)nc1N(C)Cc1ccc(F)cc1. The number of piperidine rings is 1. The number of ether oxygens (including phenoxy) is 1. The maximum atomic E-state index is 13.5. The largest absolute Gasteiger partial charge is 0.469 e. The minimum absolute atomic E-state index is 0.124. The number of halogens is 1. The minimum atomic E-state index is -0.413. The Morgan fingerprint density at radius 2 is 1.89 bits per heavy atom. The summed E-state index contributed by atoms with van der Waals surface area (Å²) in [7, 11) is 1.77. The summed E-state index contributed by atoms with van der Waals surface area (Å²) in [4.78, 5) is 48.5. The quantitative estimate of drug-likeness (QED) is 0.501. The lowest BCUT2D eigenvalue weighted by atomic mass is 9.97. The molecule has 2 saturated heterocycles. The van der Waals surface area contributed by atoms with Gasteiger partial charge in [0.1, 0.15) is 11.6 Å². The molecule has 5 rings (SSSR count). The van der Waals surface area contributed by atoms with E-state index in [2.05, 4.69) is 5.10 Å². The molecule has 11 nitrogen and oxygen atoms in total. The van der Waals surface area contributed by atoms with Gasteiger partial charge >= 0.3 is 6.03 Å². The number of aryl methyl sites for hydroxylation is 1. The molecule has 12 heteroatoms. The normalized spacial score (nSPS) is 18.1. The highest BCUT2D eigenvalue weighted by Gasteiger charge is 2.36. The summed E-state index contributed by atoms with van der Waals surface area (Å²) in [5.74, 6) is -0.221. The molecule has 3 amide bonds. The second kappa shape index (κ2) is 10.7. The van der Waals surface area contributed by atoms with E-state index in [1.54, 1.807) is 42.0 Å². The van der Waals surface area contributed by atoms with Gasteiger partial charge in [0.25, 0.3) is 5.91 Å². The summed E-state index contributed by atoms with van der Waals surface area (Å²) in [6.07, 6.45) is 2.06. The Labute approximate surface area is 218 Å². The Balaban J connectivity index is 1.44.